The van der Waals surface area contributed by atoms with Crippen LogP contribution in [-0.4, -0.2) is 26.3 Å². The first kappa shape index (κ1) is 12.7. The molecule has 0 aromatic heterocycles. The van der Waals surface area contributed by atoms with Crippen LogP contribution < -0.4 is 4.90 Å². The third kappa shape index (κ3) is 2.90. The number of hydrogen-bond acceptors (Lipinski definition) is 2. The van der Waals surface area contributed by atoms with E-state index in [-0.39, 0.29) is 5.82 Å². The number of ether oxygens (including phenoxy) is 1. The lowest BCUT2D eigenvalue weighted by atomic mass is 10.1. The Morgan fingerprint density at radius 2 is 2.12 bits per heavy atom. The van der Waals surface area contributed by atoms with Gasteiger partial charge >= 0.3 is 0 Å². The van der Waals surface area contributed by atoms with Gasteiger partial charge in [0.2, 0.25) is 0 Å². The summed E-state index contributed by atoms with van der Waals surface area (Å²) in [5.74, 6) is 0.119. The van der Waals surface area contributed by atoms with Crippen molar-refractivity contribution in [3.8, 4) is 0 Å². The van der Waals surface area contributed by atoms with Crippen LogP contribution in [0.1, 0.15) is 18.4 Å². The zero-order valence-electron chi connectivity index (χ0n) is 9.96. The summed E-state index contributed by atoms with van der Waals surface area (Å²) in [7, 11) is 1.75. The summed E-state index contributed by atoms with van der Waals surface area (Å²) in [4.78, 5) is 2.26. The highest BCUT2D eigenvalue weighted by atomic mass is 35.5. The number of methoxy groups -OCH3 is 1. The Labute approximate surface area is 106 Å². The van der Waals surface area contributed by atoms with Gasteiger partial charge in [0.1, 0.15) is 5.82 Å². The number of piperidine rings is 1. The minimum Gasteiger partial charge on any atom is -0.381 e. The monoisotopic (exact) mass is 257 g/mol. The minimum absolute atomic E-state index is 0.226. The van der Waals surface area contributed by atoms with Crippen molar-refractivity contribution in [2.45, 2.75) is 24.8 Å². The van der Waals surface area contributed by atoms with Gasteiger partial charge in [-0.1, -0.05) is 0 Å². The average molecular weight is 258 g/mol. The Kier molecular flexibility index (Phi) is 4.24. The van der Waals surface area contributed by atoms with Crippen molar-refractivity contribution in [3.05, 3.63) is 29.6 Å². The summed E-state index contributed by atoms with van der Waals surface area (Å²) in [6, 6.07) is 4.83. The largest absolute Gasteiger partial charge is 0.381 e. The molecule has 0 amide bonds. The molecule has 0 aliphatic carbocycles. The van der Waals surface area contributed by atoms with E-state index in [4.69, 9.17) is 16.3 Å². The smallest absolute Gasteiger partial charge is 0.123 e. The van der Waals surface area contributed by atoms with Gasteiger partial charge in [0.05, 0.1) is 6.10 Å². The van der Waals surface area contributed by atoms with Gasteiger partial charge in [-0.25, -0.2) is 4.39 Å². The van der Waals surface area contributed by atoms with Crippen LogP contribution in [0.25, 0.3) is 0 Å². The molecule has 0 N–H and O–H groups in total. The first-order valence-corrected chi connectivity index (χ1v) is 6.40. The molecule has 1 aliphatic rings. The van der Waals surface area contributed by atoms with Crippen LogP contribution in [0.4, 0.5) is 10.1 Å². The van der Waals surface area contributed by atoms with Crippen molar-refractivity contribution in [3.63, 3.8) is 0 Å². The fraction of sp³-hybridized carbons (Fsp3) is 0.538. The Bertz CT molecular complexity index is 378. The maximum atomic E-state index is 13.1. The molecule has 1 aromatic carbocycles. The highest BCUT2D eigenvalue weighted by Gasteiger charge is 2.20. The predicted octanol–water partition coefficient (Wildman–Crippen LogP) is 3.18. The van der Waals surface area contributed by atoms with Gasteiger partial charge < -0.3 is 9.64 Å². The van der Waals surface area contributed by atoms with Gasteiger partial charge in [-0.3, -0.25) is 0 Å². The molecule has 1 saturated heterocycles. The molecule has 0 atom stereocenters. The number of halogens is 2. The second kappa shape index (κ2) is 5.69. The van der Waals surface area contributed by atoms with E-state index in [9.17, 15) is 4.39 Å². The number of rotatable bonds is 3. The number of nitrogens with zero attached hydrogens (tertiary/aromatic N) is 1. The second-order valence-electron chi connectivity index (χ2n) is 4.33. The molecule has 0 radical (unpaired) electrons. The highest BCUT2D eigenvalue weighted by molar-refractivity contribution is 6.17. The number of benzene rings is 1. The lowest BCUT2D eigenvalue weighted by Crippen LogP contribution is -2.37. The zero-order chi connectivity index (χ0) is 12.3. The van der Waals surface area contributed by atoms with E-state index >= 15 is 0 Å². The van der Waals surface area contributed by atoms with Gasteiger partial charge in [-0.05, 0) is 36.6 Å². The van der Waals surface area contributed by atoms with E-state index in [1.807, 2.05) is 6.07 Å². The summed E-state index contributed by atoms with van der Waals surface area (Å²) in [6.07, 6.45) is 2.37. The van der Waals surface area contributed by atoms with Crippen molar-refractivity contribution in [1.29, 1.82) is 0 Å². The first-order valence-electron chi connectivity index (χ1n) is 5.86. The molecule has 2 nitrogen and oxygen atoms in total. The van der Waals surface area contributed by atoms with E-state index in [1.54, 1.807) is 7.11 Å². The molecule has 0 spiro atoms. The standard InChI is InChI=1S/C13H17ClFNO/c1-17-12-4-6-16(7-5-12)13-3-2-11(15)8-10(13)9-14/h2-3,8,12H,4-7,9H2,1H3. The third-order valence-corrected chi connectivity index (χ3v) is 3.59. The van der Waals surface area contributed by atoms with Crippen LogP contribution in [0.5, 0.6) is 0 Å². The summed E-state index contributed by atoms with van der Waals surface area (Å²) in [6.45, 7) is 1.88. The van der Waals surface area contributed by atoms with Crippen molar-refractivity contribution in [2.75, 3.05) is 25.1 Å². The molecule has 1 heterocycles. The van der Waals surface area contributed by atoms with Crippen LogP contribution in [-0.2, 0) is 10.6 Å². The van der Waals surface area contributed by atoms with Gasteiger partial charge in [-0.2, -0.15) is 0 Å². The normalized spacial score (nSPS) is 17.5. The maximum Gasteiger partial charge on any atom is 0.123 e. The van der Waals surface area contributed by atoms with E-state index in [2.05, 4.69) is 4.90 Å². The van der Waals surface area contributed by atoms with Gasteiger partial charge in [0.15, 0.2) is 0 Å². The highest BCUT2D eigenvalue weighted by Crippen LogP contribution is 2.26. The van der Waals surface area contributed by atoms with E-state index < -0.39 is 0 Å². The van der Waals surface area contributed by atoms with E-state index in [0.717, 1.165) is 37.2 Å². The lowest BCUT2D eigenvalue weighted by Gasteiger charge is -2.34. The Morgan fingerprint density at radius 3 is 2.71 bits per heavy atom. The molecule has 1 aromatic rings. The van der Waals surface area contributed by atoms with Crippen molar-refractivity contribution < 1.29 is 9.13 Å². The predicted molar refractivity (Wildman–Crippen MR) is 68.2 cm³/mol. The molecule has 1 aliphatic heterocycles. The topological polar surface area (TPSA) is 12.5 Å². The van der Waals surface area contributed by atoms with Crippen LogP contribution in [0.15, 0.2) is 18.2 Å². The third-order valence-electron chi connectivity index (χ3n) is 3.30. The zero-order valence-corrected chi connectivity index (χ0v) is 10.7. The Balaban J connectivity index is 2.12. The molecule has 94 valence electrons. The second-order valence-corrected chi connectivity index (χ2v) is 4.60. The Hall–Kier alpha value is -0.800. The van der Waals surface area contributed by atoms with Crippen LogP contribution in [0.3, 0.4) is 0 Å². The fourth-order valence-electron chi connectivity index (χ4n) is 2.30. The Morgan fingerprint density at radius 1 is 1.41 bits per heavy atom. The van der Waals surface area contributed by atoms with Crippen LogP contribution >= 0.6 is 11.6 Å². The van der Waals surface area contributed by atoms with Crippen LogP contribution in [0.2, 0.25) is 0 Å². The quantitative estimate of drug-likeness (QED) is 0.771. The van der Waals surface area contributed by atoms with Crippen LogP contribution in [0, 0.1) is 5.82 Å². The molecular formula is C13H17ClFNO. The van der Waals surface area contributed by atoms with Gasteiger partial charge in [-0.15, -0.1) is 11.6 Å². The van der Waals surface area contributed by atoms with Crippen molar-refractivity contribution >= 4 is 17.3 Å². The van der Waals surface area contributed by atoms with Crippen molar-refractivity contribution in [1.82, 2.24) is 0 Å². The summed E-state index contributed by atoms with van der Waals surface area (Å²) < 4.78 is 18.5. The van der Waals surface area contributed by atoms with Gasteiger partial charge in [0, 0.05) is 31.8 Å². The molecule has 0 bridgehead atoms. The number of alkyl halides is 1. The average Bonchev–Trinajstić information content (AvgIpc) is 2.39. The summed E-state index contributed by atoms with van der Waals surface area (Å²) >= 11 is 5.86. The maximum absolute atomic E-state index is 13.1. The van der Waals surface area contributed by atoms with Gasteiger partial charge in [0.25, 0.3) is 0 Å². The molecule has 1 fully saturated rings. The summed E-state index contributed by atoms with van der Waals surface area (Å²) in [5.41, 5.74) is 1.92. The lowest BCUT2D eigenvalue weighted by molar-refractivity contribution is 0.0819. The minimum atomic E-state index is -0.226. The fourth-order valence-corrected chi connectivity index (χ4v) is 2.52. The van der Waals surface area contributed by atoms with Crippen molar-refractivity contribution in [2.24, 2.45) is 0 Å². The molecule has 2 rings (SSSR count). The first-order chi connectivity index (χ1) is 8.24. The number of hydrogen-bond donors (Lipinski definition) is 0. The number of anilines is 1. The molecule has 17 heavy (non-hydrogen) atoms. The van der Waals surface area contributed by atoms with E-state index in [0.29, 0.717) is 12.0 Å². The molecule has 0 unspecified atom stereocenters. The molecule has 4 heteroatoms. The molecular weight excluding hydrogens is 241 g/mol. The summed E-state index contributed by atoms with van der Waals surface area (Å²) in [5, 5.41) is 0. The molecule has 0 saturated carbocycles. The van der Waals surface area contributed by atoms with E-state index in [1.165, 1.54) is 12.1 Å². The SMILES string of the molecule is COC1CCN(c2ccc(F)cc2CCl)CC1.